The minimum absolute atomic E-state index is 0.147. The standard InChI is InChI=1S/C10H11ClINO2/c1-6(2)15-10(14)13-9-5-7(12)3-4-8(9)11/h3-6H,1-2H3,(H,13,14). The minimum atomic E-state index is -0.492. The molecule has 0 atom stereocenters. The number of carbonyl (C=O) groups is 1. The molecule has 0 unspecified atom stereocenters. The molecule has 0 spiro atoms. The zero-order valence-corrected chi connectivity index (χ0v) is 11.3. The van der Waals surface area contributed by atoms with Gasteiger partial charge in [0.05, 0.1) is 16.8 Å². The van der Waals surface area contributed by atoms with Crippen molar-refractivity contribution in [2.75, 3.05) is 5.32 Å². The molecule has 1 N–H and O–H groups in total. The SMILES string of the molecule is CC(C)OC(=O)Nc1cc(I)ccc1Cl. The predicted molar refractivity (Wildman–Crippen MR) is 69.4 cm³/mol. The maximum Gasteiger partial charge on any atom is 0.411 e. The predicted octanol–water partition coefficient (Wildman–Crippen LogP) is 3.90. The second kappa shape index (κ2) is 5.55. The van der Waals surface area contributed by atoms with E-state index in [0.717, 1.165) is 3.57 Å². The van der Waals surface area contributed by atoms with Gasteiger partial charge in [-0.25, -0.2) is 4.79 Å². The van der Waals surface area contributed by atoms with E-state index in [4.69, 9.17) is 16.3 Å². The van der Waals surface area contributed by atoms with E-state index in [1.165, 1.54) is 0 Å². The summed E-state index contributed by atoms with van der Waals surface area (Å²) >= 11 is 8.05. The van der Waals surface area contributed by atoms with Crippen molar-refractivity contribution in [2.24, 2.45) is 0 Å². The van der Waals surface area contributed by atoms with Crippen molar-refractivity contribution in [1.29, 1.82) is 0 Å². The van der Waals surface area contributed by atoms with Crippen molar-refractivity contribution in [3.63, 3.8) is 0 Å². The number of amides is 1. The van der Waals surface area contributed by atoms with Gasteiger partial charge in [0, 0.05) is 3.57 Å². The summed E-state index contributed by atoms with van der Waals surface area (Å²) in [7, 11) is 0. The van der Waals surface area contributed by atoms with Crippen LogP contribution in [0.3, 0.4) is 0 Å². The van der Waals surface area contributed by atoms with Crippen molar-refractivity contribution in [2.45, 2.75) is 20.0 Å². The van der Waals surface area contributed by atoms with Crippen LogP contribution in [0, 0.1) is 3.57 Å². The highest BCUT2D eigenvalue weighted by Gasteiger charge is 2.08. The summed E-state index contributed by atoms with van der Waals surface area (Å²) < 4.78 is 5.93. The van der Waals surface area contributed by atoms with Crippen LogP contribution in [0.4, 0.5) is 10.5 Å². The Hall–Kier alpha value is -0.490. The Kier molecular flexibility index (Phi) is 4.66. The number of halogens is 2. The van der Waals surface area contributed by atoms with Crippen LogP contribution in [-0.4, -0.2) is 12.2 Å². The first-order valence-corrected chi connectivity index (χ1v) is 5.87. The number of carbonyl (C=O) groups excluding carboxylic acids is 1. The van der Waals surface area contributed by atoms with Gasteiger partial charge in [-0.15, -0.1) is 0 Å². The first kappa shape index (κ1) is 12.6. The Labute approximate surface area is 107 Å². The van der Waals surface area contributed by atoms with Gasteiger partial charge in [0.2, 0.25) is 0 Å². The number of ether oxygens (including phenoxy) is 1. The second-order valence-corrected chi connectivity index (χ2v) is 4.86. The molecule has 0 bridgehead atoms. The van der Waals surface area contributed by atoms with Gasteiger partial charge in [0.15, 0.2) is 0 Å². The smallest absolute Gasteiger partial charge is 0.411 e. The van der Waals surface area contributed by atoms with Gasteiger partial charge in [-0.2, -0.15) is 0 Å². The van der Waals surface area contributed by atoms with Gasteiger partial charge >= 0.3 is 6.09 Å². The maximum atomic E-state index is 11.3. The Morgan fingerprint density at radius 2 is 2.20 bits per heavy atom. The maximum absolute atomic E-state index is 11.3. The molecule has 3 nitrogen and oxygen atoms in total. The Morgan fingerprint density at radius 1 is 1.53 bits per heavy atom. The molecule has 0 fully saturated rings. The number of anilines is 1. The molecular formula is C10H11ClINO2. The van der Waals surface area contributed by atoms with Gasteiger partial charge in [0.1, 0.15) is 0 Å². The molecule has 0 radical (unpaired) electrons. The molecule has 0 aliphatic carbocycles. The zero-order valence-electron chi connectivity index (χ0n) is 8.38. The Balaban J connectivity index is 2.71. The number of nitrogens with one attached hydrogen (secondary N) is 1. The highest BCUT2D eigenvalue weighted by Crippen LogP contribution is 2.23. The molecule has 1 amide bonds. The zero-order chi connectivity index (χ0) is 11.4. The van der Waals surface area contributed by atoms with Crippen LogP contribution in [0.1, 0.15) is 13.8 Å². The van der Waals surface area contributed by atoms with Crippen LogP contribution in [0.25, 0.3) is 0 Å². The molecular weight excluding hydrogens is 328 g/mol. The molecule has 0 aromatic heterocycles. The van der Waals surface area contributed by atoms with Gasteiger partial charge in [-0.05, 0) is 54.6 Å². The van der Waals surface area contributed by atoms with E-state index in [9.17, 15) is 4.79 Å². The molecule has 1 aromatic carbocycles. The average Bonchev–Trinajstić information content (AvgIpc) is 2.10. The van der Waals surface area contributed by atoms with Crippen LogP contribution in [0.2, 0.25) is 5.02 Å². The van der Waals surface area contributed by atoms with E-state index in [2.05, 4.69) is 27.9 Å². The van der Waals surface area contributed by atoms with Crippen LogP contribution in [0.5, 0.6) is 0 Å². The highest BCUT2D eigenvalue weighted by atomic mass is 127. The molecule has 0 aliphatic rings. The lowest BCUT2D eigenvalue weighted by Crippen LogP contribution is -2.18. The Bertz CT molecular complexity index is 368. The van der Waals surface area contributed by atoms with Crippen LogP contribution in [0.15, 0.2) is 18.2 Å². The van der Waals surface area contributed by atoms with Gasteiger partial charge in [0.25, 0.3) is 0 Å². The topological polar surface area (TPSA) is 38.3 Å². The second-order valence-electron chi connectivity index (χ2n) is 3.20. The van der Waals surface area contributed by atoms with Crippen molar-refractivity contribution in [3.05, 3.63) is 26.8 Å². The van der Waals surface area contributed by atoms with Crippen molar-refractivity contribution < 1.29 is 9.53 Å². The van der Waals surface area contributed by atoms with E-state index in [1.807, 2.05) is 6.07 Å². The van der Waals surface area contributed by atoms with Crippen molar-refractivity contribution in [1.82, 2.24) is 0 Å². The average molecular weight is 340 g/mol. The summed E-state index contributed by atoms with van der Waals surface area (Å²) in [5, 5.41) is 3.08. The van der Waals surface area contributed by atoms with E-state index in [-0.39, 0.29) is 6.10 Å². The summed E-state index contributed by atoms with van der Waals surface area (Å²) in [6, 6.07) is 5.38. The van der Waals surface area contributed by atoms with E-state index in [1.54, 1.807) is 26.0 Å². The van der Waals surface area contributed by atoms with Crippen LogP contribution >= 0.6 is 34.2 Å². The number of hydrogen-bond acceptors (Lipinski definition) is 2. The lowest BCUT2D eigenvalue weighted by molar-refractivity contribution is 0.130. The Morgan fingerprint density at radius 3 is 2.80 bits per heavy atom. The third kappa shape index (κ3) is 4.25. The minimum Gasteiger partial charge on any atom is -0.447 e. The molecule has 1 aromatic rings. The first-order valence-electron chi connectivity index (χ1n) is 4.41. The summed E-state index contributed by atoms with van der Waals surface area (Å²) in [5.74, 6) is 0. The molecule has 82 valence electrons. The summed E-state index contributed by atoms with van der Waals surface area (Å²) in [5.41, 5.74) is 0.564. The fraction of sp³-hybridized carbons (Fsp3) is 0.300. The quantitative estimate of drug-likeness (QED) is 0.830. The molecule has 5 heteroatoms. The summed E-state index contributed by atoms with van der Waals surface area (Å²) in [6.45, 7) is 3.58. The van der Waals surface area contributed by atoms with Gasteiger partial charge in [-0.3, -0.25) is 5.32 Å². The summed E-state index contributed by atoms with van der Waals surface area (Å²) in [4.78, 5) is 11.3. The highest BCUT2D eigenvalue weighted by molar-refractivity contribution is 14.1. The first-order chi connectivity index (χ1) is 6.99. The molecule has 0 saturated carbocycles. The lowest BCUT2D eigenvalue weighted by Gasteiger charge is -2.10. The largest absolute Gasteiger partial charge is 0.447 e. The third-order valence-electron chi connectivity index (χ3n) is 1.51. The van der Waals surface area contributed by atoms with Gasteiger partial charge in [-0.1, -0.05) is 11.6 Å². The summed E-state index contributed by atoms with van der Waals surface area (Å²) in [6.07, 6.45) is -0.638. The van der Waals surface area contributed by atoms with Crippen LogP contribution in [-0.2, 0) is 4.74 Å². The van der Waals surface area contributed by atoms with E-state index in [0.29, 0.717) is 10.7 Å². The molecule has 0 saturated heterocycles. The number of hydrogen-bond donors (Lipinski definition) is 1. The van der Waals surface area contributed by atoms with Crippen molar-refractivity contribution >= 4 is 46.0 Å². The lowest BCUT2D eigenvalue weighted by atomic mass is 10.3. The monoisotopic (exact) mass is 339 g/mol. The fourth-order valence-electron chi connectivity index (χ4n) is 0.947. The van der Waals surface area contributed by atoms with Gasteiger partial charge < -0.3 is 4.74 Å². The normalized spacial score (nSPS) is 10.2. The molecule has 1 rings (SSSR count). The molecule has 15 heavy (non-hydrogen) atoms. The number of benzene rings is 1. The number of rotatable bonds is 2. The molecule has 0 aliphatic heterocycles. The fourth-order valence-corrected chi connectivity index (χ4v) is 1.60. The van der Waals surface area contributed by atoms with Crippen LogP contribution < -0.4 is 5.32 Å². The van der Waals surface area contributed by atoms with E-state index < -0.39 is 6.09 Å². The molecule has 0 heterocycles. The van der Waals surface area contributed by atoms with E-state index >= 15 is 0 Å². The van der Waals surface area contributed by atoms with Crippen molar-refractivity contribution in [3.8, 4) is 0 Å². The third-order valence-corrected chi connectivity index (χ3v) is 2.51.